The van der Waals surface area contributed by atoms with Crippen LogP contribution in [0, 0.1) is 0 Å². The molecule has 0 radical (unpaired) electrons. The van der Waals surface area contributed by atoms with Crippen LogP contribution in [0.2, 0.25) is 5.02 Å². The second-order valence-corrected chi connectivity index (χ2v) is 6.04. The van der Waals surface area contributed by atoms with E-state index < -0.39 is 36.0 Å². The van der Waals surface area contributed by atoms with Crippen molar-refractivity contribution in [1.29, 1.82) is 0 Å². The third-order valence-electron chi connectivity index (χ3n) is 3.50. The summed E-state index contributed by atoms with van der Waals surface area (Å²) in [5.74, 6) is -2.77. The fourth-order valence-corrected chi connectivity index (χ4v) is 2.35. The van der Waals surface area contributed by atoms with E-state index in [1.165, 1.54) is 25.3 Å². The first-order chi connectivity index (χ1) is 13.6. The normalized spacial score (nSPS) is 10.8. The zero-order valence-corrected chi connectivity index (χ0v) is 15.6. The number of halogens is 4. The number of ether oxygens (including phenoxy) is 1. The van der Waals surface area contributed by atoms with E-state index in [2.05, 4.69) is 10.6 Å². The van der Waals surface area contributed by atoms with Crippen LogP contribution in [0.4, 0.5) is 24.5 Å². The zero-order valence-electron chi connectivity index (χ0n) is 14.9. The Morgan fingerprint density at radius 3 is 2.41 bits per heavy atom. The van der Waals surface area contributed by atoms with Crippen LogP contribution >= 0.6 is 11.6 Å². The van der Waals surface area contributed by atoms with Crippen molar-refractivity contribution in [3.8, 4) is 5.75 Å². The van der Waals surface area contributed by atoms with E-state index in [0.29, 0.717) is 16.8 Å². The van der Waals surface area contributed by atoms with Gasteiger partial charge in [-0.1, -0.05) is 17.7 Å². The smallest absolute Gasteiger partial charge is 0.416 e. The van der Waals surface area contributed by atoms with E-state index in [-0.39, 0.29) is 11.4 Å². The summed E-state index contributed by atoms with van der Waals surface area (Å²) >= 11 is 5.84. The predicted octanol–water partition coefficient (Wildman–Crippen LogP) is 3.06. The summed E-state index contributed by atoms with van der Waals surface area (Å²) in [7, 11) is 1.39. The van der Waals surface area contributed by atoms with Gasteiger partial charge in [-0.3, -0.25) is 14.4 Å². The molecule has 0 aliphatic heterocycles. The van der Waals surface area contributed by atoms with Crippen molar-refractivity contribution < 1.29 is 32.3 Å². The number of hydrogen-bond donors (Lipinski definition) is 3. The van der Waals surface area contributed by atoms with E-state index in [9.17, 15) is 27.6 Å². The number of anilines is 2. The summed E-state index contributed by atoms with van der Waals surface area (Å²) in [5, 5.41) is 6.88. The van der Waals surface area contributed by atoms with E-state index >= 15 is 0 Å². The molecule has 2 aromatic carbocycles. The van der Waals surface area contributed by atoms with Gasteiger partial charge in [0, 0.05) is 10.7 Å². The van der Waals surface area contributed by atoms with E-state index in [1.54, 1.807) is 6.07 Å². The van der Waals surface area contributed by atoms with Crippen LogP contribution in [0.25, 0.3) is 0 Å². The molecule has 0 aromatic heterocycles. The molecule has 0 aliphatic carbocycles. The van der Waals surface area contributed by atoms with Crippen molar-refractivity contribution in [1.82, 2.24) is 5.32 Å². The number of carbonyl (C=O) groups excluding carboxylic acids is 3. The first-order valence-corrected chi connectivity index (χ1v) is 8.38. The van der Waals surface area contributed by atoms with Gasteiger partial charge < -0.3 is 20.7 Å². The second-order valence-electron chi connectivity index (χ2n) is 5.61. The molecule has 11 heteroatoms. The molecule has 0 atom stereocenters. The van der Waals surface area contributed by atoms with Crippen molar-refractivity contribution in [2.75, 3.05) is 24.3 Å². The molecule has 2 rings (SSSR count). The van der Waals surface area contributed by atoms with Crippen LogP contribution in [0.5, 0.6) is 5.75 Å². The fraction of sp³-hybridized carbons (Fsp3) is 0.167. The van der Waals surface area contributed by atoms with Gasteiger partial charge in [-0.05, 0) is 36.4 Å². The molecule has 0 saturated carbocycles. The lowest BCUT2D eigenvalue weighted by Crippen LogP contribution is -2.39. The third-order valence-corrected chi connectivity index (χ3v) is 3.73. The van der Waals surface area contributed by atoms with Crippen molar-refractivity contribution in [2.45, 2.75) is 6.18 Å². The molecule has 0 heterocycles. The van der Waals surface area contributed by atoms with Crippen molar-refractivity contribution >= 4 is 40.7 Å². The van der Waals surface area contributed by atoms with Gasteiger partial charge >= 0.3 is 18.0 Å². The number of methoxy groups -OCH3 is 1. The van der Waals surface area contributed by atoms with E-state index in [0.717, 1.165) is 12.1 Å². The highest BCUT2D eigenvalue weighted by Gasteiger charge is 2.30. The zero-order chi connectivity index (χ0) is 21.6. The van der Waals surface area contributed by atoms with Gasteiger partial charge in [0.15, 0.2) is 0 Å². The number of carbonyl (C=O) groups is 3. The Hall–Kier alpha value is -3.27. The van der Waals surface area contributed by atoms with Crippen LogP contribution < -0.4 is 20.7 Å². The summed E-state index contributed by atoms with van der Waals surface area (Å²) < 4.78 is 43.1. The summed E-state index contributed by atoms with van der Waals surface area (Å²) in [6.45, 7) is -0.565. The Balaban J connectivity index is 1.91. The molecule has 0 unspecified atom stereocenters. The average Bonchev–Trinajstić information content (AvgIpc) is 2.65. The Morgan fingerprint density at radius 1 is 1.03 bits per heavy atom. The second kappa shape index (κ2) is 9.28. The van der Waals surface area contributed by atoms with Gasteiger partial charge in [0.05, 0.1) is 24.9 Å². The lowest BCUT2D eigenvalue weighted by atomic mass is 10.2. The van der Waals surface area contributed by atoms with Crippen molar-refractivity contribution in [3.63, 3.8) is 0 Å². The molecule has 0 fully saturated rings. The Morgan fingerprint density at radius 2 is 1.76 bits per heavy atom. The number of amides is 3. The highest BCUT2D eigenvalue weighted by Crippen LogP contribution is 2.30. The molecule has 29 heavy (non-hydrogen) atoms. The molecule has 0 bridgehead atoms. The molecule has 0 spiro atoms. The molecule has 2 aromatic rings. The maximum Gasteiger partial charge on any atom is 0.416 e. The number of hydrogen-bond acceptors (Lipinski definition) is 4. The minimum Gasteiger partial charge on any atom is -0.495 e. The molecular formula is C18H15ClF3N3O4. The number of benzene rings is 2. The molecule has 154 valence electrons. The quantitative estimate of drug-likeness (QED) is 0.636. The summed E-state index contributed by atoms with van der Waals surface area (Å²) in [5.41, 5.74) is -0.939. The standard InChI is InChI=1S/C18H15ClF3N3O4/c1-29-14-6-5-11(19)8-13(14)25-15(26)9-23-16(27)17(28)24-12-4-2-3-10(7-12)18(20,21)22/h2-8H,9H2,1H3,(H,23,27)(H,24,28)(H,25,26). The number of alkyl halides is 3. The van der Waals surface area contributed by atoms with Crippen LogP contribution in [0.15, 0.2) is 42.5 Å². The Bertz CT molecular complexity index is 935. The highest BCUT2D eigenvalue weighted by atomic mass is 35.5. The lowest BCUT2D eigenvalue weighted by molar-refractivity contribution is -0.137. The van der Waals surface area contributed by atoms with Gasteiger partial charge in [0.2, 0.25) is 5.91 Å². The summed E-state index contributed by atoms with van der Waals surface area (Å²) in [6, 6.07) is 8.30. The largest absolute Gasteiger partial charge is 0.495 e. The number of rotatable bonds is 5. The molecule has 3 N–H and O–H groups in total. The molecule has 3 amide bonds. The van der Waals surface area contributed by atoms with Crippen LogP contribution in [-0.4, -0.2) is 31.4 Å². The van der Waals surface area contributed by atoms with Gasteiger partial charge in [0.1, 0.15) is 5.75 Å². The first kappa shape index (κ1) is 22.0. The Labute approximate surface area is 168 Å². The Kier molecular flexibility index (Phi) is 7.05. The van der Waals surface area contributed by atoms with Crippen molar-refractivity contribution in [2.24, 2.45) is 0 Å². The van der Waals surface area contributed by atoms with Gasteiger partial charge in [0.25, 0.3) is 0 Å². The number of nitrogens with one attached hydrogen (secondary N) is 3. The molecule has 7 nitrogen and oxygen atoms in total. The summed E-state index contributed by atoms with van der Waals surface area (Å²) in [4.78, 5) is 35.6. The monoisotopic (exact) mass is 429 g/mol. The minimum absolute atomic E-state index is 0.215. The van der Waals surface area contributed by atoms with Crippen LogP contribution in [0.3, 0.4) is 0 Å². The first-order valence-electron chi connectivity index (χ1n) is 8.00. The fourth-order valence-electron chi connectivity index (χ4n) is 2.17. The third kappa shape index (κ3) is 6.39. The van der Waals surface area contributed by atoms with Gasteiger partial charge in [-0.25, -0.2) is 0 Å². The van der Waals surface area contributed by atoms with Gasteiger partial charge in [-0.2, -0.15) is 13.2 Å². The molecule has 0 saturated heterocycles. The van der Waals surface area contributed by atoms with E-state index in [4.69, 9.17) is 16.3 Å². The predicted molar refractivity (Wildman–Crippen MR) is 99.7 cm³/mol. The average molecular weight is 430 g/mol. The van der Waals surface area contributed by atoms with Crippen LogP contribution in [0.1, 0.15) is 5.56 Å². The minimum atomic E-state index is -4.59. The maximum atomic E-state index is 12.7. The SMILES string of the molecule is COc1ccc(Cl)cc1NC(=O)CNC(=O)C(=O)Nc1cccc(C(F)(F)F)c1. The van der Waals surface area contributed by atoms with Crippen molar-refractivity contribution in [3.05, 3.63) is 53.1 Å². The van der Waals surface area contributed by atoms with Crippen LogP contribution in [-0.2, 0) is 20.6 Å². The van der Waals surface area contributed by atoms with E-state index in [1.807, 2.05) is 5.32 Å². The van der Waals surface area contributed by atoms with Gasteiger partial charge in [-0.15, -0.1) is 0 Å². The lowest BCUT2D eigenvalue weighted by Gasteiger charge is -2.11. The molecular weight excluding hydrogens is 415 g/mol. The topological polar surface area (TPSA) is 96.5 Å². The highest BCUT2D eigenvalue weighted by molar-refractivity contribution is 6.40. The maximum absolute atomic E-state index is 12.7. The molecule has 0 aliphatic rings. The summed E-state index contributed by atoms with van der Waals surface area (Å²) in [6.07, 6.45) is -4.59.